The van der Waals surface area contributed by atoms with Crippen LogP contribution in [0.1, 0.15) is 30.9 Å². The standard InChI is InChI=1S/C17H22N2O3S2/c1-4-5-16(20)18-17-19(13-7-11(2)6-12(3)8-13)14-9-24(21,22)10-15(14)23-17/h6-8,14-15H,4-5,9-10H2,1-3H3/t14-,15-/m1/s1. The first-order chi connectivity index (χ1) is 11.3. The molecule has 2 saturated heterocycles. The fourth-order valence-corrected chi connectivity index (χ4v) is 7.26. The lowest BCUT2D eigenvalue weighted by atomic mass is 10.1. The molecule has 7 heteroatoms. The number of fused-ring (bicyclic) bond motifs is 1. The number of aliphatic imine (C=N–C) groups is 1. The van der Waals surface area contributed by atoms with Crippen LogP contribution in [0.5, 0.6) is 0 Å². The number of hydrogen-bond donors (Lipinski definition) is 0. The lowest BCUT2D eigenvalue weighted by molar-refractivity contribution is -0.117. The Kier molecular flexibility index (Phi) is 4.75. The molecule has 0 bridgehead atoms. The van der Waals surface area contributed by atoms with Crippen LogP contribution in [0.15, 0.2) is 23.2 Å². The molecule has 0 unspecified atom stereocenters. The number of sulfone groups is 1. The van der Waals surface area contributed by atoms with Gasteiger partial charge in [-0.2, -0.15) is 4.99 Å². The third kappa shape index (κ3) is 3.52. The molecule has 0 spiro atoms. The van der Waals surface area contributed by atoms with E-state index in [1.807, 2.05) is 37.8 Å². The van der Waals surface area contributed by atoms with Crippen molar-refractivity contribution >= 4 is 38.4 Å². The summed E-state index contributed by atoms with van der Waals surface area (Å²) >= 11 is 1.43. The first-order valence-electron chi connectivity index (χ1n) is 8.15. The number of amides is 1. The molecule has 2 fully saturated rings. The number of carbonyl (C=O) groups is 1. The Morgan fingerprint density at radius 1 is 1.25 bits per heavy atom. The molecular weight excluding hydrogens is 344 g/mol. The van der Waals surface area contributed by atoms with Crippen molar-refractivity contribution in [1.82, 2.24) is 0 Å². The first-order valence-corrected chi connectivity index (χ1v) is 10.9. The van der Waals surface area contributed by atoms with Gasteiger partial charge in [-0.05, 0) is 43.5 Å². The highest BCUT2D eigenvalue weighted by atomic mass is 32.2. The van der Waals surface area contributed by atoms with Gasteiger partial charge in [0.2, 0.25) is 5.91 Å². The van der Waals surface area contributed by atoms with Crippen LogP contribution in [0.25, 0.3) is 0 Å². The summed E-state index contributed by atoms with van der Waals surface area (Å²) in [7, 11) is -3.03. The van der Waals surface area contributed by atoms with E-state index in [4.69, 9.17) is 0 Å². The Balaban J connectivity index is 2.02. The molecule has 2 aliphatic rings. The van der Waals surface area contributed by atoms with Gasteiger partial charge in [0.25, 0.3) is 0 Å². The monoisotopic (exact) mass is 366 g/mol. The highest BCUT2D eigenvalue weighted by Gasteiger charge is 2.49. The van der Waals surface area contributed by atoms with Crippen molar-refractivity contribution in [3.05, 3.63) is 29.3 Å². The zero-order valence-electron chi connectivity index (χ0n) is 14.2. The molecule has 130 valence electrons. The number of thioether (sulfide) groups is 1. The topological polar surface area (TPSA) is 66.8 Å². The molecule has 5 nitrogen and oxygen atoms in total. The molecule has 0 aromatic heterocycles. The van der Waals surface area contributed by atoms with Gasteiger partial charge < -0.3 is 4.90 Å². The van der Waals surface area contributed by atoms with E-state index in [0.29, 0.717) is 11.6 Å². The Bertz CT molecular complexity index is 782. The molecule has 2 aliphatic heterocycles. The van der Waals surface area contributed by atoms with Gasteiger partial charge >= 0.3 is 0 Å². The third-order valence-electron chi connectivity index (χ3n) is 4.24. The smallest absolute Gasteiger partial charge is 0.248 e. The van der Waals surface area contributed by atoms with Crippen molar-refractivity contribution in [2.45, 2.75) is 44.9 Å². The van der Waals surface area contributed by atoms with Gasteiger partial charge in [-0.3, -0.25) is 4.79 Å². The van der Waals surface area contributed by atoms with Gasteiger partial charge in [-0.1, -0.05) is 24.8 Å². The predicted molar refractivity (Wildman–Crippen MR) is 99.6 cm³/mol. The molecule has 1 aromatic carbocycles. The number of aryl methyl sites for hydroxylation is 2. The van der Waals surface area contributed by atoms with E-state index in [-0.39, 0.29) is 28.7 Å². The number of rotatable bonds is 3. The van der Waals surface area contributed by atoms with Crippen molar-refractivity contribution < 1.29 is 13.2 Å². The SMILES string of the molecule is CCCC(=O)N=C1S[C@@H]2CS(=O)(=O)C[C@H]2N1c1cc(C)cc(C)c1. The van der Waals surface area contributed by atoms with Crippen LogP contribution >= 0.6 is 11.8 Å². The summed E-state index contributed by atoms with van der Waals surface area (Å²) in [5.74, 6) is 0.140. The molecule has 0 radical (unpaired) electrons. The van der Waals surface area contributed by atoms with Crippen molar-refractivity contribution in [3.63, 3.8) is 0 Å². The fourth-order valence-electron chi connectivity index (χ4n) is 3.33. The van der Waals surface area contributed by atoms with Crippen LogP contribution in [0.3, 0.4) is 0 Å². The minimum Gasteiger partial charge on any atom is -0.316 e. The maximum Gasteiger partial charge on any atom is 0.248 e. The Morgan fingerprint density at radius 2 is 1.92 bits per heavy atom. The van der Waals surface area contributed by atoms with Gasteiger partial charge in [-0.25, -0.2) is 8.42 Å². The molecule has 2 atom stereocenters. The number of nitrogens with zero attached hydrogens (tertiary/aromatic N) is 2. The number of anilines is 1. The minimum atomic E-state index is -3.03. The summed E-state index contributed by atoms with van der Waals surface area (Å²) in [4.78, 5) is 18.3. The largest absolute Gasteiger partial charge is 0.316 e. The quantitative estimate of drug-likeness (QED) is 0.823. The van der Waals surface area contributed by atoms with Gasteiger partial charge in [0.15, 0.2) is 15.0 Å². The molecule has 0 aliphatic carbocycles. The molecule has 1 amide bonds. The van der Waals surface area contributed by atoms with Crippen molar-refractivity contribution in [3.8, 4) is 0 Å². The first kappa shape index (κ1) is 17.5. The van der Waals surface area contributed by atoms with E-state index in [0.717, 1.165) is 23.2 Å². The zero-order chi connectivity index (χ0) is 17.5. The summed E-state index contributed by atoms with van der Waals surface area (Å²) in [5.41, 5.74) is 3.14. The molecule has 0 saturated carbocycles. The van der Waals surface area contributed by atoms with Crippen LogP contribution in [0.4, 0.5) is 5.69 Å². The average Bonchev–Trinajstić information content (AvgIpc) is 2.88. The zero-order valence-corrected chi connectivity index (χ0v) is 15.8. The Hall–Kier alpha value is -1.34. The summed E-state index contributed by atoms with van der Waals surface area (Å²) in [6.07, 6.45) is 1.17. The molecule has 24 heavy (non-hydrogen) atoms. The highest BCUT2D eigenvalue weighted by molar-refractivity contribution is 8.16. The maximum atomic E-state index is 12.0. The fraction of sp³-hybridized carbons (Fsp3) is 0.529. The number of carbonyl (C=O) groups excluding carboxylic acids is 1. The summed E-state index contributed by atoms with van der Waals surface area (Å²) < 4.78 is 24.1. The lowest BCUT2D eigenvalue weighted by Crippen LogP contribution is -2.37. The molecule has 1 aromatic rings. The summed E-state index contributed by atoms with van der Waals surface area (Å²) in [5, 5.41) is 0.590. The molecule has 0 N–H and O–H groups in total. The van der Waals surface area contributed by atoms with Gasteiger partial charge in [0.05, 0.1) is 17.5 Å². The predicted octanol–water partition coefficient (Wildman–Crippen LogP) is 2.70. The van der Waals surface area contributed by atoms with Crippen LogP contribution in [-0.2, 0) is 14.6 Å². The average molecular weight is 367 g/mol. The van der Waals surface area contributed by atoms with E-state index in [9.17, 15) is 13.2 Å². The van der Waals surface area contributed by atoms with Gasteiger partial charge in [0, 0.05) is 17.4 Å². The van der Waals surface area contributed by atoms with Crippen molar-refractivity contribution in [2.24, 2.45) is 4.99 Å². The Labute approximate surface area is 147 Å². The van der Waals surface area contributed by atoms with Gasteiger partial charge in [-0.15, -0.1) is 0 Å². The van der Waals surface area contributed by atoms with E-state index < -0.39 is 9.84 Å². The summed E-state index contributed by atoms with van der Waals surface area (Å²) in [6, 6.07) is 5.99. The number of benzene rings is 1. The second-order valence-corrected chi connectivity index (χ2v) is 9.91. The van der Waals surface area contributed by atoms with E-state index in [1.54, 1.807) is 0 Å². The van der Waals surface area contributed by atoms with Crippen LogP contribution in [-0.4, -0.2) is 42.3 Å². The number of hydrogen-bond acceptors (Lipinski definition) is 4. The third-order valence-corrected chi connectivity index (χ3v) is 7.45. The molecule has 2 heterocycles. The molecular formula is C17H22N2O3S2. The molecule has 3 rings (SSSR count). The van der Waals surface area contributed by atoms with E-state index in [2.05, 4.69) is 11.1 Å². The second-order valence-electron chi connectivity index (χ2n) is 6.55. The van der Waals surface area contributed by atoms with E-state index in [1.165, 1.54) is 11.8 Å². The lowest BCUT2D eigenvalue weighted by Gasteiger charge is -2.25. The Morgan fingerprint density at radius 3 is 2.54 bits per heavy atom. The summed E-state index contributed by atoms with van der Waals surface area (Å²) in [6.45, 7) is 5.98. The van der Waals surface area contributed by atoms with E-state index >= 15 is 0 Å². The van der Waals surface area contributed by atoms with Crippen LogP contribution < -0.4 is 4.90 Å². The van der Waals surface area contributed by atoms with Crippen LogP contribution in [0, 0.1) is 13.8 Å². The van der Waals surface area contributed by atoms with Gasteiger partial charge in [0.1, 0.15) is 0 Å². The normalized spacial score (nSPS) is 26.8. The van der Waals surface area contributed by atoms with Crippen LogP contribution in [0.2, 0.25) is 0 Å². The second kappa shape index (κ2) is 6.52. The maximum absolute atomic E-state index is 12.0. The number of amidine groups is 1. The van der Waals surface area contributed by atoms with Crippen molar-refractivity contribution in [1.29, 1.82) is 0 Å². The highest BCUT2D eigenvalue weighted by Crippen LogP contribution is 2.41. The minimum absolute atomic E-state index is 0.0519. The van der Waals surface area contributed by atoms with Crippen molar-refractivity contribution in [2.75, 3.05) is 16.4 Å².